The van der Waals surface area contributed by atoms with E-state index in [1.54, 1.807) is 35.6 Å². The van der Waals surface area contributed by atoms with Crippen molar-refractivity contribution in [3.8, 4) is 5.75 Å². The summed E-state index contributed by atoms with van der Waals surface area (Å²) >= 11 is 1.68. The lowest BCUT2D eigenvalue weighted by molar-refractivity contribution is -0.122. The van der Waals surface area contributed by atoms with Gasteiger partial charge in [0, 0.05) is 11.4 Å². The molecule has 0 bridgehead atoms. The van der Waals surface area contributed by atoms with E-state index in [1.165, 1.54) is 4.88 Å². The van der Waals surface area contributed by atoms with E-state index in [-0.39, 0.29) is 11.7 Å². The van der Waals surface area contributed by atoms with Crippen molar-refractivity contribution >= 4 is 17.2 Å². The van der Waals surface area contributed by atoms with Crippen molar-refractivity contribution in [1.82, 2.24) is 5.32 Å². The average molecular weight is 290 g/mol. The number of nitrogens with two attached hydrogens (primary N) is 1. The van der Waals surface area contributed by atoms with Crippen LogP contribution in [-0.2, 0) is 17.6 Å². The minimum Gasteiger partial charge on any atom is -0.508 e. The molecule has 1 aromatic heterocycles. The Morgan fingerprint density at radius 3 is 2.70 bits per heavy atom. The molecule has 0 aliphatic heterocycles. The number of phenolic OH excluding ortho intramolecular Hbond substituents is 1. The van der Waals surface area contributed by atoms with Crippen LogP contribution in [0.2, 0.25) is 0 Å². The summed E-state index contributed by atoms with van der Waals surface area (Å²) in [7, 11) is 0. The van der Waals surface area contributed by atoms with Crippen LogP contribution in [0.15, 0.2) is 41.8 Å². The number of hydrogen-bond donors (Lipinski definition) is 3. The number of nitrogens with one attached hydrogen (secondary N) is 1. The van der Waals surface area contributed by atoms with Gasteiger partial charge in [0.05, 0.1) is 6.04 Å². The summed E-state index contributed by atoms with van der Waals surface area (Å²) in [6.07, 6.45) is 1.29. The van der Waals surface area contributed by atoms with Gasteiger partial charge in [0.1, 0.15) is 5.75 Å². The van der Waals surface area contributed by atoms with Crippen LogP contribution >= 0.6 is 11.3 Å². The van der Waals surface area contributed by atoms with Crippen molar-refractivity contribution in [3.05, 3.63) is 52.2 Å². The van der Waals surface area contributed by atoms with E-state index in [9.17, 15) is 9.90 Å². The summed E-state index contributed by atoms with van der Waals surface area (Å²) in [5.41, 5.74) is 6.81. The van der Waals surface area contributed by atoms with Crippen LogP contribution in [-0.4, -0.2) is 23.6 Å². The molecule has 0 fully saturated rings. The molecule has 0 aliphatic carbocycles. The Kier molecular flexibility index (Phi) is 5.15. The second-order valence-corrected chi connectivity index (χ2v) is 5.63. The van der Waals surface area contributed by atoms with Gasteiger partial charge >= 0.3 is 0 Å². The third-order valence-corrected chi connectivity index (χ3v) is 3.92. The first-order valence-corrected chi connectivity index (χ1v) is 7.36. The predicted molar refractivity (Wildman–Crippen MR) is 80.8 cm³/mol. The standard InChI is InChI=1S/C15H18N2O2S/c16-14(10-11-3-5-12(18)6-4-11)15(19)17-8-7-13-2-1-9-20-13/h1-6,9,14,18H,7-8,10,16H2,(H,17,19)/t14-/m0/s1. The fraction of sp³-hybridized carbons (Fsp3) is 0.267. The van der Waals surface area contributed by atoms with E-state index < -0.39 is 6.04 Å². The lowest BCUT2D eigenvalue weighted by Gasteiger charge is -2.12. The first-order chi connectivity index (χ1) is 9.65. The van der Waals surface area contributed by atoms with Crippen molar-refractivity contribution < 1.29 is 9.90 Å². The molecule has 2 aromatic rings. The van der Waals surface area contributed by atoms with Crippen LogP contribution in [0.1, 0.15) is 10.4 Å². The maximum atomic E-state index is 11.9. The number of rotatable bonds is 6. The Labute approximate surface area is 122 Å². The number of aromatic hydroxyl groups is 1. The van der Waals surface area contributed by atoms with Gasteiger partial charge < -0.3 is 16.2 Å². The second kappa shape index (κ2) is 7.07. The summed E-state index contributed by atoms with van der Waals surface area (Å²) in [6.45, 7) is 0.600. The maximum Gasteiger partial charge on any atom is 0.237 e. The molecule has 4 nitrogen and oxygen atoms in total. The van der Waals surface area contributed by atoms with E-state index >= 15 is 0 Å². The van der Waals surface area contributed by atoms with Gasteiger partial charge in [-0.1, -0.05) is 18.2 Å². The van der Waals surface area contributed by atoms with Gasteiger partial charge in [-0.2, -0.15) is 0 Å². The molecule has 2 rings (SSSR count). The highest BCUT2D eigenvalue weighted by molar-refractivity contribution is 7.09. The molecule has 1 amide bonds. The van der Waals surface area contributed by atoms with Crippen molar-refractivity contribution in [2.24, 2.45) is 5.73 Å². The second-order valence-electron chi connectivity index (χ2n) is 4.60. The number of amides is 1. The number of thiophene rings is 1. The third-order valence-electron chi connectivity index (χ3n) is 2.98. The third kappa shape index (κ3) is 4.36. The Hall–Kier alpha value is -1.85. The highest BCUT2D eigenvalue weighted by atomic mass is 32.1. The lowest BCUT2D eigenvalue weighted by Crippen LogP contribution is -2.42. The average Bonchev–Trinajstić information content (AvgIpc) is 2.94. The number of hydrogen-bond acceptors (Lipinski definition) is 4. The van der Waals surface area contributed by atoms with Gasteiger partial charge in [0.2, 0.25) is 5.91 Å². The van der Waals surface area contributed by atoms with Crippen LogP contribution in [0.5, 0.6) is 5.75 Å². The molecule has 1 aromatic carbocycles. The minimum absolute atomic E-state index is 0.144. The van der Waals surface area contributed by atoms with Gasteiger partial charge in [-0.3, -0.25) is 4.79 Å². The monoisotopic (exact) mass is 290 g/mol. The van der Waals surface area contributed by atoms with Crippen molar-refractivity contribution in [2.75, 3.05) is 6.54 Å². The van der Waals surface area contributed by atoms with Crippen LogP contribution in [0.4, 0.5) is 0 Å². The van der Waals surface area contributed by atoms with Gasteiger partial charge in [-0.15, -0.1) is 11.3 Å². The number of phenols is 1. The van der Waals surface area contributed by atoms with E-state index in [0.29, 0.717) is 13.0 Å². The highest BCUT2D eigenvalue weighted by Crippen LogP contribution is 2.11. The zero-order valence-corrected chi connectivity index (χ0v) is 11.9. The van der Waals surface area contributed by atoms with Gasteiger partial charge in [-0.25, -0.2) is 0 Å². The van der Waals surface area contributed by atoms with Crippen LogP contribution in [0.25, 0.3) is 0 Å². The van der Waals surface area contributed by atoms with E-state index in [1.807, 2.05) is 17.5 Å². The van der Waals surface area contributed by atoms with Crippen molar-refractivity contribution in [1.29, 1.82) is 0 Å². The molecule has 4 N–H and O–H groups in total. The van der Waals surface area contributed by atoms with Crippen LogP contribution in [0, 0.1) is 0 Å². The Balaban J connectivity index is 1.75. The Bertz CT molecular complexity index is 538. The topological polar surface area (TPSA) is 75.3 Å². The molecule has 0 unspecified atom stereocenters. The zero-order chi connectivity index (χ0) is 14.4. The summed E-state index contributed by atoms with van der Waals surface area (Å²) in [6, 6.07) is 10.2. The van der Waals surface area contributed by atoms with Crippen LogP contribution in [0.3, 0.4) is 0 Å². The predicted octanol–water partition coefficient (Wildman–Crippen LogP) is 1.68. The van der Waals surface area contributed by atoms with Crippen molar-refractivity contribution in [2.45, 2.75) is 18.9 Å². The molecule has 0 saturated carbocycles. The quantitative estimate of drug-likeness (QED) is 0.757. The molecule has 1 heterocycles. The molecular formula is C15H18N2O2S. The molecule has 1 atom stereocenters. The summed E-state index contributed by atoms with van der Waals surface area (Å²) in [4.78, 5) is 13.1. The fourth-order valence-corrected chi connectivity index (χ4v) is 2.58. The smallest absolute Gasteiger partial charge is 0.237 e. The molecule has 0 saturated heterocycles. The Morgan fingerprint density at radius 1 is 1.30 bits per heavy atom. The van der Waals surface area contributed by atoms with Gasteiger partial charge in [-0.05, 0) is 42.0 Å². The first-order valence-electron chi connectivity index (χ1n) is 6.49. The lowest BCUT2D eigenvalue weighted by atomic mass is 10.1. The highest BCUT2D eigenvalue weighted by Gasteiger charge is 2.13. The number of carbonyl (C=O) groups excluding carboxylic acids is 1. The van der Waals surface area contributed by atoms with Crippen LogP contribution < -0.4 is 11.1 Å². The van der Waals surface area contributed by atoms with Gasteiger partial charge in [0.15, 0.2) is 0 Å². The molecule has 0 radical (unpaired) electrons. The summed E-state index contributed by atoms with van der Waals surface area (Å²) in [5, 5.41) is 14.1. The SMILES string of the molecule is N[C@@H](Cc1ccc(O)cc1)C(=O)NCCc1cccs1. The van der Waals surface area contributed by atoms with Crippen molar-refractivity contribution in [3.63, 3.8) is 0 Å². The molecule has 0 spiro atoms. The summed E-state index contributed by atoms with van der Waals surface area (Å²) < 4.78 is 0. The zero-order valence-electron chi connectivity index (χ0n) is 11.1. The summed E-state index contributed by atoms with van der Waals surface area (Å²) in [5.74, 6) is 0.0670. The number of carbonyl (C=O) groups is 1. The molecule has 20 heavy (non-hydrogen) atoms. The normalized spacial score (nSPS) is 12.1. The van der Waals surface area contributed by atoms with E-state index in [2.05, 4.69) is 5.32 Å². The maximum absolute atomic E-state index is 11.9. The first kappa shape index (κ1) is 14.6. The molecule has 0 aliphatic rings. The minimum atomic E-state index is -0.567. The fourth-order valence-electron chi connectivity index (χ4n) is 1.87. The molecular weight excluding hydrogens is 272 g/mol. The van der Waals surface area contributed by atoms with E-state index in [4.69, 9.17) is 5.73 Å². The number of benzene rings is 1. The Morgan fingerprint density at radius 2 is 2.05 bits per heavy atom. The molecule has 106 valence electrons. The largest absolute Gasteiger partial charge is 0.508 e. The molecule has 5 heteroatoms. The van der Waals surface area contributed by atoms with E-state index in [0.717, 1.165) is 12.0 Å². The van der Waals surface area contributed by atoms with Gasteiger partial charge in [0.25, 0.3) is 0 Å².